The van der Waals surface area contributed by atoms with Gasteiger partial charge in [0.15, 0.2) is 11.5 Å². The Kier molecular flexibility index (Phi) is 4.14. The molecule has 0 spiro atoms. The van der Waals surface area contributed by atoms with Gasteiger partial charge in [-0.05, 0) is 6.07 Å². The highest BCUT2D eigenvalue weighted by molar-refractivity contribution is 5.85. The quantitative estimate of drug-likeness (QED) is 0.647. The third kappa shape index (κ3) is 2.27. The summed E-state index contributed by atoms with van der Waals surface area (Å²) < 4.78 is 10.5. The van der Waals surface area contributed by atoms with E-state index in [2.05, 4.69) is 0 Å². The molecule has 1 aromatic rings. The Balaban J connectivity index is 0.00000144. The zero-order chi connectivity index (χ0) is 11.7. The van der Waals surface area contributed by atoms with Crippen LogP contribution in [0.1, 0.15) is 18.0 Å². The molecule has 0 saturated carbocycles. The van der Waals surface area contributed by atoms with E-state index in [-0.39, 0.29) is 24.1 Å². The first-order valence-corrected chi connectivity index (χ1v) is 4.88. The van der Waals surface area contributed by atoms with Crippen molar-refractivity contribution in [3.8, 4) is 11.5 Å². The van der Waals surface area contributed by atoms with Crippen LogP contribution in [0, 0.1) is 10.1 Å². The molecule has 1 aromatic carbocycles. The minimum atomic E-state index is -0.452. The summed E-state index contributed by atoms with van der Waals surface area (Å²) in [7, 11) is 1.49. The van der Waals surface area contributed by atoms with Crippen LogP contribution in [0.3, 0.4) is 0 Å². The van der Waals surface area contributed by atoms with E-state index in [4.69, 9.17) is 15.2 Å². The zero-order valence-electron chi connectivity index (χ0n) is 9.21. The van der Waals surface area contributed by atoms with Gasteiger partial charge in [0.2, 0.25) is 0 Å². The molecule has 1 heterocycles. The van der Waals surface area contributed by atoms with Gasteiger partial charge in [-0.3, -0.25) is 10.1 Å². The Hall–Kier alpha value is -1.53. The molecule has 0 aromatic heterocycles. The predicted molar refractivity (Wildman–Crippen MR) is 63.9 cm³/mol. The van der Waals surface area contributed by atoms with Crippen molar-refractivity contribution >= 4 is 18.1 Å². The van der Waals surface area contributed by atoms with Crippen LogP contribution in [0.4, 0.5) is 5.69 Å². The summed E-state index contributed by atoms with van der Waals surface area (Å²) in [5.74, 6) is 0.881. The number of rotatable bonds is 2. The van der Waals surface area contributed by atoms with Crippen LogP contribution < -0.4 is 15.2 Å². The molecule has 1 aliphatic heterocycles. The normalized spacial score (nSPS) is 17.4. The molecule has 17 heavy (non-hydrogen) atoms. The molecule has 94 valence electrons. The van der Waals surface area contributed by atoms with E-state index >= 15 is 0 Å². The van der Waals surface area contributed by atoms with Gasteiger partial charge in [-0.1, -0.05) is 0 Å². The van der Waals surface area contributed by atoms with Crippen molar-refractivity contribution in [2.24, 2.45) is 5.73 Å². The first-order chi connectivity index (χ1) is 7.65. The van der Waals surface area contributed by atoms with Gasteiger partial charge in [0.1, 0.15) is 0 Å². The zero-order valence-corrected chi connectivity index (χ0v) is 10.0. The monoisotopic (exact) mass is 260 g/mol. The number of benzene rings is 1. The Bertz CT molecular complexity index is 439. The van der Waals surface area contributed by atoms with Crippen LogP contribution in [0.25, 0.3) is 0 Å². The SMILES string of the molecule is COc1ccc([N+](=O)[O-])c2c1OCC[C@@H]2N.Cl. The highest BCUT2D eigenvalue weighted by Crippen LogP contribution is 2.43. The second-order valence-corrected chi connectivity index (χ2v) is 3.53. The van der Waals surface area contributed by atoms with E-state index in [0.717, 1.165) is 0 Å². The Morgan fingerprint density at radius 3 is 2.88 bits per heavy atom. The smallest absolute Gasteiger partial charge is 0.278 e. The Morgan fingerprint density at radius 2 is 2.29 bits per heavy atom. The van der Waals surface area contributed by atoms with Gasteiger partial charge >= 0.3 is 0 Å². The molecule has 0 radical (unpaired) electrons. The van der Waals surface area contributed by atoms with E-state index in [9.17, 15) is 10.1 Å². The maximum absolute atomic E-state index is 10.9. The molecular weight excluding hydrogens is 248 g/mol. The van der Waals surface area contributed by atoms with Gasteiger partial charge in [0.25, 0.3) is 5.69 Å². The van der Waals surface area contributed by atoms with Crippen LogP contribution in [0.2, 0.25) is 0 Å². The van der Waals surface area contributed by atoms with E-state index in [1.807, 2.05) is 0 Å². The number of nitrogens with two attached hydrogens (primary N) is 1. The lowest BCUT2D eigenvalue weighted by Crippen LogP contribution is -2.22. The number of fused-ring (bicyclic) bond motifs is 1. The topological polar surface area (TPSA) is 87.6 Å². The summed E-state index contributed by atoms with van der Waals surface area (Å²) in [5, 5.41) is 10.9. The van der Waals surface area contributed by atoms with Crippen molar-refractivity contribution < 1.29 is 14.4 Å². The van der Waals surface area contributed by atoms with Crippen LogP contribution in [0.15, 0.2) is 12.1 Å². The molecule has 0 bridgehead atoms. The predicted octanol–water partition coefficient (Wildman–Crippen LogP) is 1.81. The summed E-state index contributed by atoms with van der Waals surface area (Å²) in [4.78, 5) is 10.4. The second kappa shape index (κ2) is 5.20. The number of nitro benzene ring substituents is 1. The molecule has 0 unspecified atom stereocenters. The van der Waals surface area contributed by atoms with Crippen molar-refractivity contribution in [1.29, 1.82) is 0 Å². The number of hydrogen-bond acceptors (Lipinski definition) is 5. The van der Waals surface area contributed by atoms with Crippen molar-refractivity contribution in [3.05, 3.63) is 27.8 Å². The first-order valence-electron chi connectivity index (χ1n) is 4.88. The fourth-order valence-corrected chi connectivity index (χ4v) is 1.83. The summed E-state index contributed by atoms with van der Waals surface area (Å²) in [5.41, 5.74) is 6.28. The maximum Gasteiger partial charge on any atom is 0.278 e. The second-order valence-electron chi connectivity index (χ2n) is 3.53. The van der Waals surface area contributed by atoms with Gasteiger partial charge in [0.05, 0.1) is 24.2 Å². The van der Waals surface area contributed by atoms with Crippen LogP contribution in [0.5, 0.6) is 11.5 Å². The van der Waals surface area contributed by atoms with Gasteiger partial charge in [0, 0.05) is 18.5 Å². The molecule has 7 heteroatoms. The van der Waals surface area contributed by atoms with Gasteiger partial charge < -0.3 is 15.2 Å². The Morgan fingerprint density at radius 1 is 1.59 bits per heavy atom. The highest BCUT2D eigenvalue weighted by Gasteiger charge is 2.30. The Labute approximate surface area is 104 Å². The minimum Gasteiger partial charge on any atom is -0.493 e. The largest absolute Gasteiger partial charge is 0.493 e. The van der Waals surface area contributed by atoms with Gasteiger partial charge in [-0.2, -0.15) is 0 Å². The average Bonchev–Trinajstić information content (AvgIpc) is 2.28. The fourth-order valence-electron chi connectivity index (χ4n) is 1.83. The standard InChI is InChI=1S/C10H12N2O4.ClH/c1-15-8-3-2-7(12(13)14)9-6(11)4-5-16-10(8)9;/h2-3,6H,4-5,11H2,1H3;1H/t6-;/m0./s1. The molecule has 0 saturated heterocycles. The molecule has 2 rings (SSSR count). The summed E-state index contributed by atoms with van der Waals surface area (Å²) >= 11 is 0. The fraction of sp³-hybridized carbons (Fsp3) is 0.400. The number of halogens is 1. The molecule has 0 fully saturated rings. The van der Waals surface area contributed by atoms with Crippen molar-refractivity contribution in [2.75, 3.05) is 13.7 Å². The van der Waals surface area contributed by atoms with E-state index < -0.39 is 4.92 Å². The molecular formula is C10H13ClN2O4. The number of nitro groups is 1. The number of ether oxygens (including phenoxy) is 2. The summed E-state index contributed by atoms with van der Waals surface area (Å²) in [6, 6.07) is 2.54. The molecule has 2 N–H and O–H groups in total. The molecule has 1 atom stereocenters. The van der Waals surface area contributed by atoms with Crippen LogP contribution >= 0.6 is 12.4 Å². The van der Waals surface area contributed by atoms with Gasteiger partial charge in [-0.15, -0.1) is 12.4 Å². The first kappa shape index (κ1) is 13.5. The van der Waals surface area contributed by atoms with Crippen molar-refractivity contribution in [1.82, 2.24) is 0 Å². The molecule has 1 aliphatic rings. The molecule has 6 nitrogen and oxygen atoms in total. The van der Waals surface area contributed by atoms with E-state index in [0.29, 0.717) is 30.1 Å². The van der Waals surface area contributed by atoms with Gasteiger partial charge in [-0.25, -0.2) is 0 Å². The third-order valence-electron chi connectivity index (χ3n) is 2.60. The minimum absolute atomic E-state index is 0. The average molecular weight is 261 g/mol. The van der Waals surface area contributed by atoms with Crippen molar-refractivity contribution in [2.45, 2.75) is 12.5 Å². The van der Waals surface area contributed by atoms with Crippen molar-refractivity contribution in [3.63, 3.8) is 0 Å². The van der Waals surface area contributed by atoms with Crippen LogP contribution in [-0.2, 0) is 0 Å². The third-order valence-corrected chi connectivity index (χ3v) is 2.60. The number of nitrogens with zero attached hydrogens (tertiary/aromatic N) is 1. The maximum atomic E-state index is 10.9. The number of methoxy groups -OCH3 is 1. The van der Waals surface area contributed by atoms with Crippen LogP contribution in [-0.4, -0.2) is 18.6 Å². The lowest BCUT2D eigenvalue weighted by molar-refractivity contribution is -0.385. The summed E-state index contributed by atoms with van der Waals surface area (Å²) in [6.07, 6.45) is 0.570. The molecule has 0 amide bonds. The van der Waals surface area contributed by atoms with E-state index in [1.54, 1.807) is 0 Å². The van der Waals surface area contributed by atoms with E-state index in [1.165, 1.54) is 19.2 Å². The molecule has 0 aliphatic carbocycles. The number of hydrogen-bond donors (Lipinski definition) is 1. The highest BCUT2D eigenvalue weighted by atomic mass is 35.5. The lowest BCUT2D eigenvalue weighted by atomic mass is 9.99. The summed E-state index contributed by atoms with van der Waals surface area (Å²) in [6.45, 7) is 0.450. The lowest BCUT2D eigenvalue weighted by Gasteiger charge is -2.24.